The number of anilines is 1. The van der Waals surface area contributed by atoms with Crippen LogP contribution >= 0.6 is 11.6 Å². The summed E-state index contributed by atoms with van der Waals surface area (Å²) in [7, 11) is 0. The van der Waals surface area contributed by atoms with Crippen molar-refractivity contribution in [2.24, 2.45) is 5.92 Å². The first-order valence-corrected chi connectivity index (χ1v) is 7.35. The topological polar surface area (TPSA) is 73.0 Å². The van der Waals surface area contributed by atoms with Gasteiger partial charge in [-0.15, -0.1) is 0 Å². The Kier molecular flexibility index (Phi) is 3.71. The lowest BCUT2D eigenvalue weighted by Gasteiger charge is -2.10. The highest BCUT2D eigenvalue weighted by Crippen LogP contribution is 2.30. The molecule has 112 valence electrons. The van der Waals surface area contributed by atoms with E-state index in [1.54, 1.807) is 0 Å². The first-order valence-electron chi connectivity index (χ1n) is 6.97. The minimum Gasteiger partial charge on any atom is -0.375 e. The molecule has 0 unspecified atom stereocenters. The summed E-state index contributed by atoms with van der Waals surface area (Å²) in [4.78, 5) is 12.4. The summed E-state index contributed by atoms with van der Waals surface area (Å²) in [5.41, 5.74) is 1.95. The predicted molar refractivity (Wildman–Crippen MR) is 79.5 cm³/mol. The van der Waals surface area contributed by atoms with E-state index in [0.29, 0.717) is 29.7 Å². The molecule has 1 fully saturated rings. The Bertz CT molecular complexity index is 699. The highest BCUT2D eigenvalue weighted by molar-refractivity contribution is 6.32. The van der Waals surface area contributed by atoms with Gasteiger partial charge in [-0.3, -0.25) is 4.79 Å². The van der Waals surface area contributed by atoms with Crippen LogP contribution in [0.4, 0.5) is 5.69 Å². The van der Waals surface area contributed by atoms with Crippen molar-refractivity contribution >= 4 is 17.3 Å². The molecule has 0 bridgehead atoms. The van der Waals surface area contributed by atoms with Crippen molar-refractivity contribution in [1.29, 1.82) is 0 Å². The molecule has 1 aliphatic carbocycles. The maximum atomic E-state index is 12.4. The molecule has 2 heterocycles. The van der Waals surface area contributed by atoms with Gasteiger partial charge in [0.2, 0.25) is 0 Å². The van der Waals surface area contributed by atoms with Crippen LogP contribution < -0.4 is 10.9 Å². The molecular weight excluding hydrogens is 292 g/mol. The molecule has 1 saturated carbocycles. The smallest absolute Gasteiger partial charge is 0.291 e. The normalized spacial score (nSPS) is 14.4. The number of aryl methyl sites for hydroxylation is 2. The Labute approximate surface area is 127 Å². The van der Waals surface area contributed by atoms with Gasteiger partial charge in [0, 0.05) is 18.7 Å². The van der Waals surface area contributed by atoms with Crippen molar-refractivity contribution in [3.63, 3.8) is 0 Å². The van der Waals surface area contributed by atoms with Gasteiger partial charge in [0.15, 0.2) is 0 Å². The lowest BCUT2D eigenvalue weighted by Crippen LogP contribution is -2.26. The van der Waals surface area contributed by atoms with Crippen LogP contribution in [0.1, 0.15) is 29.9 Å². The summed E-state index contributed by atoms with van der Waals surface area (Å²) in [6.45, 7) is 4.82. The zero-order valence-corrected chi connectivity index (χ0v) is 12.8. The second kappa shape index (κ2) is 5.52. The van der Waals surface area contributed by atoms with Crippen LogP contribution in [0.25, 0.3) is 0 Å². The van der Waals surface area contributed by atoms with Gasteiger partial charge in [-0.1, -0.05) is 16.8 Å². The largest absolute Gasteiger partial charge is 0.375 e. The summed E-state index contributed by atoms with van der Waals surface area (Å²) in [6.07, 6.45) is 3.85. The second-order valence-electron chi connectivity index (χ2n) is 5.45. The Balaban J connectivity index is 1.82. The molecule has 0 spiro atoms. The summed E-state index contributed by atoms with van der Waals surface area (Å²) in [6, 6.07) is 0. The third kappa shape index (κ3) is 2.95. The summed E-state index contributed by atoms with van der Waals surface area (Å²) in [5, 5.41) is 11.4. The first kappa shape index (κ1) is 14.1. The molecule has 2 aromatic rings. The maximum absolute atomic E-state index is 12.4. The zero-order chi connectivity index (χ0) is 15.0. The van der Waals surface area contributed by atoms with Gasteiger partial charge >= 0.3 is 0 Å². The van der Waals surface area contributed by atoms with Gasteiger partial charge in [0.25, 0.3) is 5.56 Å². The number of hydrogen-bond donors (Lipinski definition) is 1. The lowest BCUT2D eigenvalue weighted by atomic mass is 10.2. The van der Waals surface area contributed by atoms with Crippen LogP contribution in [0.3, 0.4) is 0 Å². The van der Waals surface area contributed by atoms with Crippen LogP contribution in [0, 0.1) is 19.8 Å². The highest BCUT2D eigenvalue weighted by Gasteiger charge is 2.23. The van der Waals surface area contributed by atoms with Crippen molar-refractivity contribution in [2.45, 2.75) is 39.8 Å². The molecule has 3 rings (SSSR count). The quantitative estimate of drug-likeness (QED) is 0.919. The van der Waals surface area contributed by atoms with Crippen molar-refractivity contribution < 1.29 is 4.52 Å². The van der Waals surface area contributed by atoms with E-state index in [9.17, 15) is 4.79 Å². The van der Waals surface area contributed by atoms with Crippen molar-refractivity contribution in [3.8, 4) is 0 Å². The first-order chi connectivity index (χ1) is 10.1. The van der Waals surface area contributed by atoms with Gasteiger partial charge in [-0.2, -0.15) is 5.10 Å². The molecule has 1 aliphatic rings. The molecule has 1 N–H and O–H groups in total. The fourth-order valence-electron chi connectivity index (χ4n) is 2.23. The van der Waals surface area contributed by atoms with Crippen LogP contribution in [-0.4, -0.2) is 14.9 Å². The molecule has 21 heavy (non-hydrogen) atoms. The number of hydrogen-bond acceptors (Lipinski definition) is 5. The van der Waals surface area contributed by atoms with Gasteiger partial charge in [-0.25, -0.2) is 4.68 Å². The second-order valence-corrected chi connectivity index (χ2v) is 5.86. The molecule has 2 aromatic heterocycles. The van der Waals surface area contributed by atoms with Crippen molar-refractivity contribution in [3.05, 3.63) is 38.6 Å². The van der Waals surface area contributed by atoms with E-state index in [-0.39, 0.29) is 5.56 Å². The average molecular weight is 309 g/mol. The summed E-state index contributed by atoms with van der Waals surface area (Å²) >= 11 is 6.10. The van der Waals surface area contributed by atoms with E-state index in [1.807, 2.05) is 13.8 Å². The third-order valence-corrected chi connectivity index (χ3v) is 4.04. The molecule has 6 nitrogen and oxygen atoms in total. The van der Waals surface area contributed by atoms with E-state index >= 15 is 0 Å². The summed E-state index contributed by atoms with van der Waals surface area (Å²) < 4.78 is 6.60. The molecule has 0 aliphatic heterocycles. The number of nitrogens with zero attached hydrogens (tertiary/aromatic N) is 3. The van der Waals surface area contributed by atoms with Crippen molar-refractivity contribution in [2.75, 3.05) is 5.32 Å². The van der Waals surface area contributed by atoms with Crippen LogP contribution in [0.15, 0.2) is 15.5 Å². The molecule has 0 amide bonds. The highest BCUT2D eigenvalue weighted by atomic mass is 35.5. The molecule has 0 atom stereocenters. The van der Waals surface area contributed by atoms with Crippen LogP contribution in [0.5, 0.6) is 0 Å². The molecule has 0 saturated heterocycles. The van der Waals surface area contributed by atoms with E-state index in [4.69, 9.17) is 16.1 Å². The Morgan fingerprint density at radius 3 is 2.86 bits per heavy atom. The fraction of sp³-hybridized carbons (Fsp3) is 0.500. The standard InChI is InChI=1S/C14H17ClN4O2/c1-8-11(9(2)21-18-8)5-16-13-12(15)6-17-19(14(13)20)7-10-3-4-10/h6,10,16H,3-5,7H2,1-2H3. The number of rotatable bonds is 5. The van der Waals surface area contributed by atoms with E-state index in [1.165, 1.54) is 23.7 Å². The number of aromatic nitrogens is 3. The Morgan fingerprint density at radius 1 is 1.48 bits per heavy atom. The van der Waals surface area contributed by atoms with Crippen LogP contribution in [-0.2, 0) is 13.1 Å². The number of nitrogens with one attached hydrogen (secondary N) is 1. The molecular formula is C14H17ClN4O2. The average Bonchev–Trinajstić information content (AvgIpc) is 3.21. The van der Waals surface area contributed by atoms with Gasteiger partial charge in [0.1, 0.15) is 11.4 Å². The monoisotopic (exact) mass is 308 g/mol. The van der Waals surface area contributed by atoms with Gasteiger partial charge in [0.05, 0.1) is 16.9 Å². The maximum Gasteiger partial charge on any atom is 0.291 e. The zero-order valence-electron chi connectivity index (χ0n) is 12.0. The van der Waals surface area contributed by atoms with Crippen molar-refractivity contribution in [1.82, 2.24) is 14.9 Å². The number of halogens is 1. The molecule has 0 radical (unpaired) electrons. The minimum absolute atomic E-state index is 0.179. The molecule has 7 heteroatoms. The van der Waals surface area contributed by atoms with Gasteiger partial charge < -0.3 is 9.84 Å². The molecule has 0 aromatic carbocycles. The third-order valence-electron chi connectivity index (χ3n) is 3.75. The Morgan fingerprint density at radius 2 is 2.24 bits per heavy atom. The van der Waals surface area contributed by atoms with Gasteiger partial charge in [-0.05, 0) is 32.6 Å². The lowest BCUT2D eigenvalue weighted by molar-refractivity contribution is 0.392. The minimum atomic E-state index is -0.179. The van der Waals surface area contributed by atoms with E-state index < -0.39 is 0 Å². The SMILES string of the molecule is Cc1noc(C)c1CNc1c(Cl)cnn(CC2CC2)c1=O. The fourth-order valence-corrected chi connectivity index (χ4v) is 2.43. The summed E-state index contributed by atoms with van der Waals surface area (Å²) in [5.74, 6) is 1.32. The van der Waals surface area contributed by atoms with Crippen LogP contribution in [0.2, 0.25) is 5.02 Å². The van der Waals surface area contributed by atoms with E-state index in [0.717, 1.165) is 17.0 Å². The Hall–Kier alpha value is -1.82. The van der Waals surface area contributed by atoms with E-state index in [2.05, 4.69) is 15.6 Å². The predicted octanol–water partition coefficient (Wildman–Crippen LogP) is 2.52.